The van der Waals surface area contributed by atoms with Crippen LogP contribution in [-0.4, -0.2) is 24.5 Å². The molecular formula is C14H20ClFN2. The van der Waals surface area contributed by atoms with E-state index in [0.717, 1.165) is 13.1 Å². The first-order valence-corrected chi connectivity index (χ1v) is 6.80. The van der Waals surface area contributed by atoms with Crippen LogP contribution < -0.4 is 5.73 Å². The Kier molecular flexibility index (Phi) is 4.25. The normalized spacial score (nSPS) is 26.5. The summed E-state index contributed by atoms with van der Waals surface area (Å²) in [5, 5.41) is 0.172. The minimum Gasteiger partial charge on any atom is -0.329 e. The van der Waals surface area contributed by atoms with E-state index in [1.54, 1.807) is 18.2 Å². The van der Waals surface area contributed by atoms with Crippen LogP contribution in [0.1, 0.15) is 25.5 Å². The quantitative estimate of drug-likeness (QED) is 0.915. The Morgan fingerprint density at radius 1 is 1.39 bits per heavy atom. The highest BCUT2D eigenvalue weighted by Gasteiger charge is 2.32. The second-order valence-electron chi connectivity index (χ2n) is 5.30. The van der Waals surface area contributed by atoms with Crippen LogP contribution in [0.3, 0.4) is 0 Å². The maximum atomic E-state index is 14.1. The lowest BCUT2D eigenvalue weighted by atomic mass is 10.0. The molecule has 2 rings (SSSR count). The second-order valence-corrected chi connectivity index (χ2v) is 5.71. The Morgan fingerprint density at radius 3 is 2.56 bits per heavy atom. The third-order valence-corrected chi connectivity index (χ3v) is 4.31. The van der Waals surface area contributed by atoms with Gasteiger partial charge < -0.3 is 5.73 Å². The molecule has 100 valence electrons. The summed E-state index contributed by atoms with van der Waals surface area (Å²) in [6.45, 7) is 6.81. The van der Waals surface area contributed by atoms with Crippen molar-refractivity contribution >= 4 is 11.6 Å². The number of halogens is 2. The first-order valence-electron chi connectivity index (χ1n) is 6.42. The average molecular weight is 271 g/mol. The van der Waals surface area contributed by atoms with Crippen LogP contribution in [-0.2, 0) is 0 Å². The van der Waals surface area contributed by atoms with Crippen LogP contribution in [0.4, 0.5) is 4.39 Å². The zero-order chi connectivity index (χ0) is 13.3. The van der Waals surface area contributed by atoms with E-state index in [4.69, 9.17) is 17.3 Å². The topological polar surface area (TPSA) is 29.3 Å². The lowest BCUT2D eigenvalue weighted by Crippen LogP contribution is -2.33. The van der Waals surface area contributed by atoms with E-state index in [1.165, 1.54) is 0 Å². The largest absolute Gasteiger partial charge is 0.329 e. The van der Waals surface area contributed by atoms with Crippen molar-refractivity contribution < 1.29 is 4.39 Å². The van der Waals surface area contributed by atoms with Crippen LogP contribution in [0, 0.1) is 17.7 Å². The number of hydrogen-bond acceptors (Lipinski definition) is 2. The molecule has 1 aromatic rings. The first-order chi connectivity index (χ1) is 8.54. The van der Waals surface area contributed by atoms with Crippen LogP contribution in [0.25, 0.3) is 0 Å². The molecule has 18 heavy (non-hydrogen) atoms. The van der Waals surface area contributed by atoms with E-state index in [2.05, 4.69) is 18.7 Å². The molecule has 2 N–H and O–H groups in total. The molecule has 0 saturated carbocycles. The summed E-state index contributed by atoms with van der Waals surface area (Å²) in [7, 11) is 0. The fourth-order valence-corrected chi connectivity index (χ4v) is 2.86. The molecule has 1 saturated heterocycles. The zero-order valence-electron chi connectivity index (χ0n) is 10.9. The molecule has 3 atom stereocenters. The van der Waals surface area contributed by atoms with Gasteiger partial charge in [-0.1, -0.05) is 37.6 Å². The predicted molar refractivity (Wildman–Crippen MR) is 73.1 cm³/mol. The maximum Gasteiger partial charge on any atom is 0.146 e. The van der Waals surface area contributed by atoms with Crippen molar-refractivity contribution in [3.05, 3.63) is 34.6 Å². The van der Waals surface area contributed by atoms with Crippen LogP contribution in [0.5, 0.6) is 0 Å². The van der Waals surface area contributed by atoms with Gasteiger partial charge in [0, 0.05) is 31.2 Å². The number of nitrogens with two attached hydrogens (primary N) is 1. The predicted octanol–water partition coefficient (Wildman–Crippen LogP) is 3.07. The number of hydrogen-bond donors (Lipinski definition) is 1. The van der Waals surface area contributed by atoms with Gasteiger partial charge in [0.15, 0.2) is 0 Å². The molecule has 0 radical (unpaired) electrons. The molecule has 0 spiro atoms. The van der Waals surface area contributed by atoms with E-state index < -0.39 is 0 Å². The van der Waals surface area contributed by atoms with Gasteiger partial charge in [0.1, 0.15) is 5.82 Å². The van der Waals surface area contributed by atoms with Crippen molar-refractivity contribution in [2.45, 2.75) is 19.9 Å². The van der Waals surface area contributed by atoms with Crippen LogP contribution in [0.2, 0.25) is 5.02 Å². The van der Waals surface area contributed by atoms with Gasteiger partial charge in [-0.3, -0.25) is 4.90 Å². The number of benzene rings is 1. The van der Waals surface area contributed by atoms with Crippen molar-refractivity contribution in [3.63, 3.8) is 0 Å². The summed E-state index contributed by atoms with van der Waals surface area (Å²) < 4.78 is 14.1. The summed E-state index contributed by atoms with van der Waals surface area (Å²) in [4.78, 5) is 2.27. The fraction of sp³-hybridized carbons (Fsp3) is 0.571. The van der Waals surface area contributed by atoms with Gasteiger partial charge in [-0.05, 0) is 17.9 Å². The highest BCUT2D eigenvalue weighted by molar-refractivity contribution is 6.30. The van der Waals surface area contributed by atoms with Gasteiger partial charge in [-0.15, -0.1) is 0 Å². The molecule has 0 bridgehead atoms. The highest BCUT2D eigenvalue weighted by atomic mass is 35.5. The van der Waals surface area contributed by atoms with E-state index in [1.807, 2.05) is 0 Å². The first kappa shape index (κ1) is 13.8. The molecule has 0 amide bonds. The van der Waals surface area contributed by atoms with Crippen molar-refractivity contribution in [1.82, 2.24) is 4.90 Å². The summed E-state index contributed by atoms with van der Waals surface area (Å²) in [5.74, 6) is 0.921. The Balaban J connectivity index is 2.26. The standard InChI is InChI=1S/C14H20ClFN2/c1-9-7-18(8-10(9)2)13(6-17)11-4-3-5-12(15)14(11)16/h3-5,9-10,13H,6-8,17H2,1-2H3. The van der Waals surface area contributed by atoms with Gasteiger partial charge in [0.25, 0.3) is 0 Å². The van der Waals surface area contributed by atoms with Crippen molar-refractivity contribution in [2.75, 3.05) is 19.6 Å². The van der Waals surface area contributed by atoms with Gasteiger partial charge >= 0.3 is 0 Å². The van der Waals surface area contributed by atoms with Gasteiger partial charge in [0.05, 0.1) is 5.02 Å². The molecule has 2 nitrogen and oxygen atoms in total. The molecule has 0 aliphatic carbocycles. The summed E-state index contributed by atoms with van der Waals surface area (Å²) >= 11 is 5.84. The van der Waals surface area contributed by atoms with Gasteiger partial charge in [-0.25, -0.2) is 4.39 Å². The average Bonchev–Trinajstić information content (AvgIpc) is 2.66. The molecule has 3 unspecified atom stereocenters. The Morgan fingerprint density at radius 2 is 2.00 bits per heavy atom. The van der Waals surface area contributed by atoms with Crippen LogP contribution >= 0.6 is 11.6 Å². The lowest BCUT2D eigenvalue weighted by molar-refractivity contribution is 0.235. The SMILES string of the molecule is CC1CN(C(CN)c2cccc(Cl)c2F)CC1C. The Labute approximate surface area is 113 Å². The van der Waals surface area contributed by atoms with Crippen molar-refractivity contribution in [2.24, 2.45) is 17.6 Å². The van der Waals surface area contributed by atoms with E-state index in [9.17, 15) is 4.39 Å². The number of likely N-dealkylation sites (tertiary alicyclic amines) is 1. The molecule has 1 fully saturated rings. The van der Waals surface area contributed by atoms with Crippen molar-refractivity contribution in [1.29, 1.82) is 0 Å². The van der Waals surface area contributed by atoms with Gasteiger partial charge in [0.2, 0.25) is 0 Å². The molecule has 1 heterocycles. The molecule has 1 aromatic carbocycles. The monoisotopic (exact) mass is 270 g/mol. The third kappa shape index (κ3) is 2.53. The summed E-state index contributed by atoms with van der Waals surface area (Å²) in [6, 6.07) is 5.07. The van der Waals surface area contributed by atoms with Crippen molar-refractivity contribution in [3.8, 4) is 0 Å². The minimum atomic E-state index is -0.332. The van der Waals surface area contributed by atoms with E-state index in [-0.39, 0.29) is 16.9 Å². The second kappa shape index (κ2) is 5.55. The summed E-state index contributed by atoms with van der Waals surface area (Å²) in [5.41, 5.74) is 6.46. The number of rotatable bonds is 3. The molecule has 1 aliphatic rings. The Hall–Kier alpha value is -0.640. The molecule has 0 aromatic heterocycles. The van der Waals surface area contributed by atoms with E-state index >= 15 is 0 Å². The van der Waals surface area contributed by atoms with Crippen LogP contribution in [0.15, 0.2) is 18.2 Å². The number of nitrogens with zero attached hydrogens (tertiary/aromatic N) is 1. The molecule has 1 aliphatic heterocycles. The summed E-state index contributed by atoms with van der Waals surface area (Å²) in [6.07, 6.45) is 0. The minimum absolute atomic E-state index is 0.0731. The lowest BCUT2D eigenvalue weighted by Gasteiger charge is -2.27. The highest BCUT2D eigenvalue weighted by Crippen LogP contribution is 2.32. The third-order valence-electron chi connectivity index (χ3n) is 4.02. The van der Waals surface area contributed by atoms with Gasteiger partial charge in [-0.2, -0.15) is 0 Å². The molecular weight excluding hydrogens is 251 g/mol. The smallest absolute Gasteiger partial charge is 0.146 e. The fourth-order valence-electron chi connectivity index (χ4n) is 2.68. The zero-order valence-corrected chi connectivity index (χ0v) is 11.6. The molecule has 4 heteroatoms. The maximum absolute atomic E-state index is 14.1. The van der Waals surface area contributed by atoms with E-state index in [0.29, 0.717) is 23.9 Å². The Bertz CT molecular complexity index is 414.